The smallest absolute Gasteiger partial charge is 0.173 e. The van der Waals surface area contributed by atoms with E-state index in [1.165, 1.54) is 11.6 Å². The van der Waals surface area contributed by atoms with Crippen molar-refractivity contribution in [1.82, 2.24) is 9.80 Å². The molecule has 0 saturated carbocycles. The number of nitrogens with zero attached hydrogens (tertiary/aromatic N) is 2. The molecule has 0 amide bonds. The van der Waals surface area contributed by atoms with Crippen LogP contribution in [0.15, 0.2) is 60.7 Å². The molecular formula is C20H22FN3S. The van der Waals surface area contributed by atoms with Crippen LogP contribution in [0.5, 0.6) is 0 Å². The molecule has 1 N–H and O–H groups in total. The first kappa shape index (κ1) is 17.6. The van der Waals surface area contributed by atoms with E-state index < -0.39 is 0 Å². The van der Waals surface area contributed by atoms with Crippen LogP contribution in [0.4, 0.5) is 10.1 Å². The largest absolute Gasteiger partial charge is 0.346 e. The topological polar surface area (TPSA) is 18.5 Å². The van der Waals surface area contributed by atoms with E-state index in [1.807, 2.05) is 18.2 Å². The molecule has 2 aromatic rings. The highest BCUT2D eigenvalue weighted by molar-refractivity contribution is 7.80. The van der Waals surface area contributed by atoms with E-state index in [2.05, 4.69) is 39.4 Å². The molecule has 1 aliphatic heterocycles. The van der Waals surface area contributed by atoms with Crippen LogP contribution in [-0.4, -0.2) is 47.6 Å². The van der Waals surface area contributed by atoms with Gasteiger partial charge in [0.2, 0.25) is 0 Å². The molecule has 2 aromatic carbocycles. The van der Waals surface area contributed by atoms with Crippen LogP contribution < -0.4 is 5.32 Å². The second-order valence-electron chi connectivity index (χ2n) is 6.01. The number of piperazine rings is 1. The highest BCUT2D eigenvalue weighted by atomic mass is 32.1. The molecule has 0 unspecified atom stereocenters. The second kappa shape index (κ2) is 8.74. The molecule has 25 heavy (non-hydrogen) atoms. The van der Waals surface area contributed by atoms with Gasteiger partial charge in [-0.2, -0.15) is 0 Å². The first-order chi connectivity index (χ1) is 12.2. The molecule has 5 heteroatoms. The van der Waals surface area contributed by atoms with Crippen molar-refractivity contribution in [3.05, 3.63) is 72.1 Å². The van der Waals surface area contributed by atoms with Gasteiger partial charge in [-0.15, -0.1) is 0 Å². The summed E-state index contributed by atoms with van der Waals surface area (Å²) in [5.41, 5.74) is 1.65. The van der Waals surface area contributed by atoms with Crippen LogP contribution in [0, 0.1) is 5.82 Å². The van der Waals surface area contributed by atoms with Gasteiger partial charge in [0.1, 0.15) is 5.82 Å². The van der Waals surface area contributed by atoms with Crippen LogP contribution >= 0.6 is 12.2 Å². The van der Waals surface area contributed by atoms with Crippen molar-refractivity contribution in [3.8, 4) is 0 Å². The van der Waals surface area contributed by atoms with Crippen LogP contribution in [-0.2, 0) is 0 Å². The normalized spacial score (nSPS) is 15.5. The van der Waals surface area contributed by atoms with Crippen LogP contribution in [0.25, 0.3) is 6.08 Å². The standard InChI is InChI=1S/C20H22FN3S/c21-18-10-4-5-11-19(18)22-20(25)24-15-13-23(14-16-24)12-6-9-17-7-2-1-3-8-17/h1-11H,12-16H2,(H,22,25)/b9-6+. The molecule has 130 valence electrons. The minimum atomic E-state index is -0.283. The summed E-state index contributed by atoms with van der Waals surface area (Å²) in [6, 6.07) is 16.9. The number of halogens is 1. The summed E-state index contributed by atoms with van der Waals surface area (Å²) in [6.45, 7) is 4.51. The van der Waals surface area contributed by atoms with Gasteiger partial charge in [-0.25, -0.2) is 4.39 Å². The summed E-state index contributed by atoms with van der Waals surface area (Å²) in [4.78, 5) is 4.49. The Kier molecular flexibility index (Phi) is 6.14. The number of thiocarbonyl (C=S) groups is 1. The first-order valence-corrected chi connectivity index (χ1v) is 8.87. The molecule has 0 bridgehead atoms. The third-order valence-corrected chi connectivity index (χ3v) is 4.61. The average Bonchev–Trinajstić information content (AvgIpc) is 2.65. The molecule has 0 atom stereocenters. The summed E-state index contributed by atoms with van der Waals surface area (Å²) in [7, 11) is 0. The molecule has 0 radical (unpaired) electrons. The second-order valence-corrected chi connectivity index (χ2v) is 6.40. The Morgan fingerprint density at radius 3 is 2.40 bits per heavy atom. The van der Waals surface area contributed by atoms with E-state index in [-0.39, 0.29) is 5.82 Å². The Balaban J connectivity index is 1.44. The average molecular weight is 355 g/mol. The molecule has 1 aliphatic rings. The van der Waals surface area contributed by atoms with Crippen molar-refractivity contribution >= 4 is 29.1 Å². The summed E-state index contributed by atoms with van der Waals surface area (Å²) >= 11 is 5.42. The van der Waals surface area contributed by atoms with Gasteiger partial charge >= 0.3 is 0 Å². The summed E-state index contributed by atoms with van der Waals surface area (Å²) < 4.78 is 13.7. The van der Waals surface area contributed by atoms with E-state index >= 15 is 0 Å². The number of anilines is 1. The third-order valence-electron chi connectivity index (χ3n) is 4.25. The number of benzene rings is 2. The zero-order valence-electron chi connectivity index (χ0n) is 14.1. The lowest BCUT2D eigenvalue weighted by Gasteiger charge is -2.35. The number of hydrogen-bond donors (Lipinski definition) is 1. The fourth-order valence-corrected chi connectivity index (χ4v) is 3.08. The fourth-order valence-electron chi connectivity index (χ4n) is 2.79. The molecule has 0 aromatic heterocycles. The molecule has 3 rings (SSSR count). The van der Waals surface area contributed by atoms with E-state index in [0.29, 0.717) is 10.8 Å². The van der Waals surface area contributed by atoms with E-state index in [1.54, 1.807) is 18.2 Å². The molecule has 3 nitrogen and oxygen atoms in total. The van der Waals surface area contributed by atoms with Gasteiger partial charge in [0.25, 0.3) is 0 Å². The molecule has 1 fully saturated rings. The highest BCUT2D eigenvalue weighted by Gasteiger charge is 2.18. The van der Waals surface area contributed by atoms with Crippen molar-refractivity contribution in [2.24, 2.45) is 0 Å². The zero-order valence-corrected chi connectivity index (χ0v) is 14.9. The summed E-state index contributed by atoms with van der Waals surface area (Å²) in [6.07, 6.45) is 4.34. The zero-order chi connectivity index (χ0) is 17.5. The van der Waals surface area contributed by atoms with Crippen LogP contribution in [0.1, 0.15) is 5.56 Å². The number of para-hydroxylation sites is 1. The van der Waals surface area contributed by atoms with E-state index in [4.69, 9.17) is 12.2 Å². The fraction of sp³-hybridized carbons (Fsp3) is 0.250. The maximum Gasteiger partial charge on any atom is 0.173 e. The van der Waals surface area contributed by atoms with Gasteiger partial charge in [-0.1, -0.05) is 54.6 Å². The minimum absolute atomic E-state index is 0.283. The predicted molar refractivity (Wildman–Crippen MR) is 106 cm³/mol. The van der Waals surface area contributed by atoms with Crippen LogP contribution in [0.3, 0.4) is 0 Å². The lowest BCUT2D eigenvalue weighted by molar-refractivity contribution is 0.199. The molecule has 0 spiro atoms. The number of hydrogen-bond acceptors (Lipinski definition) is 2. The Bertz CT molecular complexity index is 725. The quantitative estimate of drug-likeness (QED) is 0.839. The molecular weight excluding hydrogens is 333 g/mol. The monoisotopic (exact) mass is 355 g/mol. The van der Waals surface area contributed by atoms with Gasteiger partial charge < -0.3 is 10.2 Å². The SMILES string of the molecule is Fc1ccccc1NC(=S)N1CCN(C/C=C/c2ccccc2)CC1. The van der Waals surface area contributed by atoms with Crippen molar-refractivity contribution in [2.75, 3.05) is 38.0 Å². The molecule has 0 aliphatic carbocycles. The Morgan fingerprint density at radius 2 is 1.68 bits per heavy atom. The van der Waals surface area contributed by atoms with E-state index in [9.17, 15) is 4.39 Å². The van der Waals surface area contributed by atoms with Crippen molar-refractivity contribution < 1.29 is 4.39 Å². The van der Waals surface area contributed by atoms with Gasteiger partial charge in [-0.05, 0) is 29.9 Å². The Hall–Kier alpha value is -2.24. The first-order valence-electron chi connectivity index (χ1n) is 8.47. The molecule has 1 saturated heterocycles. The number of rotatable bonds is 4. The van der Waals surface area contributed by atoms with Gasteiger partial charge in [0, 0.05) is 32.7 Å². The minimum Gasteiger partial charge on any atom is -0.346 e. The number of nitrogens with one attached hydrogen (secondary N) is 1. The Morgan fingerprint density at radius 1 is 1.00 bits per heavy atom. The maximum atomic E-state index is 13.7. The summed E-state index contributed by atoms with van der Waals surface area (Å²) in [5, 5.41) is 3.60. The van der Waals surface area contributed by atoms with Gasteiger partial charge in [0.05, 0.1) is 5.69 Å². The predicted octanol–water partition coefficient (Wildman–Crippen LogP) is 3.85. The Labute approximate surface area is 153 Å². The lowest BCUT2D eigenvalue weighted by atomic mass is 10.2. The van der Waals surface area contributed by atoms with Crippen molar-refractivity contribution in [3.63, 3.8) is 0 Å². The van der Waals surface area contributed by atoms with Crippen molar-refractivity contribution in [1.29, 1.82) is 0 Å². The van der Waals surface area contributed by atoms with Gasteiger partial charge in [0.15, 0.2) is 5.11 Å². The van der Waals surface area contributed by atoms with E-state index in [0.717, 1.165) is 32.7 Å². The third kappa shape index (κ3) is 5.11. The summed E-state index contributed by atoms with van der Waals surface area (Å²) in [5.74, 6) is -0.283. The van der Waals surface area contributed by atoms with Crippen molar-refractivity contribution in [2.45, 2.75) is 0 Å². The lowest BCUT2D eigenvalue weighted by Crippen LogP contribution is -2.49. The van der Waals surface area contributed by atoms with Gasteiger partial charge in [-0.3, -0.25) is 4.90 Å². The van der Waals surface area contributed by atoms with Crippen LogP contribution in [0.2, 0.25) is 0 Å². The molecule has 1 heterocycles. The highest BCUT2D eigenvalue weighted by Crippen LogP contribution is 2.14. The maximum absolute atomic E-state index is 13.7.